The van der Waals surface area contributed by atoms with Gasteiger partial charge in [-0.05, 0) is 30.8 Å². The van der Waals surface area contributed by atoms with Crippen LogP contribution < -0.4 is 5.73 Å². The Hall–Kier alpha value is -2.12. The van der Waals surface area contributed by atoms with Crippen LogP contribution >= 0.6 is 0 Å². The summed E-state index contributed by atoms with van der Waals surface area (Å²) in [5, 5.41) is 8.67. The van der Waals surface area contributed by atoms with Gasteiger partial charge in [-0.3, -0.25) is 0 Å². The van der Waals surface area contributed by atoms with Gasteiger partial charge in [0.05, 0.1) is 17.3 Å². The van der Waals surface area contributed by atoms with Crippen molar-refractivity contribution in [1.82, 2.24) is 4.98 Å². The summed E-state index contributed by atoms with van der Waals surface area (Å²) in [4.78, 5) is 4.30. The predicted molar refractivity (Wildman–Crippen MR) is 59.4 cm³/mol. The Bertz CT molecular complexity index is 508. The zero-order valence-corrected chi connectivity index (χ0v) is 8.68. The van der Waals surface area contributed by atoms with Gasteiger partial charge in [-0.1, -0.05) is 0 Å². The van der Waals surface area contributed by atoms with E-state index in [2.05, 4.69) is 11.1 Å². The van der Waals surface area contributed by atoms with E-state index < -0.39 is 0 Å². The third-order valence-electron chi connectivity index (χ3n) is 2.21. The Morgan fingerprint density at radius 2 is 2.06 bits per heavy atom. The van der Waals surface area contributed by atoms with Gasteiger partial charge in [-0.25, -0.2) is 4.98 Å². The Kier molecular flexibility index (Phi) is 2.99. The highest BCUT2D eigenvalue weighted by atomic mass is 16.3. The SMILES string of the molecule is N#Cc1ccc(-c2nc(CCN)co2)cc1. The van der Waals surface area contributed by atoms with Gasteiger partial charge in [-0.2, -0.15) is 5.26 Å². The molecule has 1 heterocycles. The maximum absolute atomic E-state index is 8.67. The van der Waals surface area contributed by atoms with E-state index >= 15 is 0 Å². The largest absolute Gasteiger partial charge is 0.444 e. The van der Waals surface area contributed by atoms with Crippen molar-refractivity contribution in [2.24, 2.45) is 5.73 Å². The molecule has 2 rings (SSSR count). The first-order valence-corrected chi connectivity index (χ1v) is 4.98. The van der Waals surface area contributed by atoms with E-state index in [4.69, 9.17) is 15.4 Å². The molecule has 16 heavy (non-hydrogen) atoms. The second-order valence-electron chi connectivity index (χ2n) is 3.37. The van der Waals surface area contributed by atoms with Crippen molar-refractivity contribution >= 4 is 0 Å². The molecule has 1 aromatic heterocycles. The summed E-state index contributed by atoms with van der Waals surface area (Å²) < 4.78 is 5.33. The summed E-state index contributed by atoms with van der Waals surface area (Å²) in [6, 6.07) is 9.17. The third kappa shape index (κ3) is 2.10. The van der Waals surface area contributed by atoms with Crippen LogP contribution in [0.1, 0.15) is 11.3 Å². The summed E-state index contributed by atoms with van der Waals surface area (Å²) in [7, 11) is 0. The lowest BCUT2D eigenvalue weighted by Gasteiger charge is -1.94. The maximum atomic E-state index is 8.67. The topological polar surface area (TPSA) is 75.8 Å². The average Bonchev–Trinajstić information content (AvgIpc) is 2.78. The lowest BCUT2D eigenvalue weighted by Crippen LogP contribution is -2.02. The Morgan fingerprint density at radius 3 is 2.69 bits per heavy atom. The molecule has 0 radical (unpaired) electrons. The molecule has 0 spiro atoms. The number of hydrogen-bond donors (Lipinski definition) is 1. The van der Waals surface area contributed by atoms with Crippen molar-refractivity contribution in [1.29, 1.82) is 5.26 Å². The van der Waals surface area contributed by atoms with Gasteiger partial charge in [0.25, 0.3) is 0 Å². The molecular formula is C12H11N3O. The lowest BCUT2D eigenvalue weighted by atomic mass is 10.1. The van der Waals surface area contributed by atoms with Crippen molar-refractivity contribution in [3.8, 4) is 17.5 Å². The van der Waals surface area contributed by atoms with Crippen molar-refractivity contribution in [2.75, 3.05) is 6.54 Å². The van der Waals surface area contributed by atoms with E-state index in [0.717, 1.165) is 11.3 Å². The number of nitriles is 1. The van der Waals surface area contributed by atoms with E-state index in [1.165, 1.54) is 0 Å². The third-order valence-corrected chi connectivity index (χ3v) is 2.21. The molecule has 80 valence electrons. The summed E-state index contributed by atoms with van der Waals surface area (Å²) in [6.07, 6.45) is 2.32. The Labute approximate surface area is 93.3 Å². The van der Waals surface area contributed by atoms with Crippen LogP contribution in [0.3, 0.4) is 0 Å². The van der Waals surface area contributed by atoms with Gasteiger partial charge < -0.3 is 10.2 Å². The van der Waals surface area contributed by atoms with Crippen LogP contribution in [-0.4, -0.2) is 11.5 Å². The first kappa shape index (κ1) is 10.4. The highest BCUT2D eigenvalue weighted by Crippen LogP contribution is 2.19. The van der Waals surface area contributed by atoms with Crippen LogP contribution in [0.2, 0.25) is 0 Å². The van der Waals surface area contributed by atoms with Crippen LogP contribution in [0, 0.1) is 11.3 Å². The predicted octanol–water partition coefficient (Wildman–Crippen LogP) is 1.71. The monoisotopic (exact) mass is 213 g/mol. The first-order chi connectivity index (χ1) is 7.83. The highest BCUT2D eigenvalue weighted by Gasteiger charge is 2.05. The molecule has 2 aromatic rings. The molecule has 0 bridgehead atoms. The van der Waals surface area contributed by atoms with Crippen LogP contribution in [0.25, 0.3) is 11.5 Å². The number of rotatable bonds is 3. The molecule has 4 nitrogen and oxygen atoms in total. The quantitative estimate of drug-likeness (QED) is 0.842. The molecule has 2 N–H and O–H groups in total. The van der Waals surface area contributed by atoms with E-state index in [1.54, 1.807) is 18.4 Å². The number of oxazole rings is 1. The molecule has 0 atom stereocenters. The van der Waals surface area contributed by atoms with E-state index in [1.807, 2.05) is 12.1 Å². The first-order valence-electron chi connectivity index (χ1n) is 4.98. The fourth-order valence-corrected chi connectivity index (χ4v) is 1.39. The molecule has 0 aliphatic rings. The molecule has 0 amide bonds. The highest BCUT2D eigenvalue weighted by molar-refractivity contribution is 5.54. The minimum absolute atomic E-state index is 0.555. The zero-order valence-electron chi connectivity index (χ0n) is 8.68. The second kappa shape index (κ2) is 4.60. The smallest absolute Gasteiger partial charge is 0.226 e. The minimum Gasteiger partial charge on any atom is -0.444 e. The van der Waals surface area contributed by atoms with Gasteiger partial charge in [-0.15, -0.1) is 0 Å². The number of aromatic nitrogens is 1. The van der Waals surface area contributed by atoms with Gasteiger partial charge in [0.1, 0.15) is 6.26 Å². The molecule has 0 aliphatic carbocycles. The average molecular weight is 213 g/mol. The van der Waals surface area contributed by atoms with Crippen molar-refractivity contribution < 1.29 is 4.42 Å². The summed E-state index contributed by atoms with van der Waals surface area (Å²) >= 11 is 0. The standard InChI is InChI=1S/C12H11N3O/c13-6-5-11-8-16-12(15-11)10-3-1-9(7-14)2-4-10/h1-4,8H,5-6,13H2. The summed E-state index contributed by atoms with van der Waals surface area (Å²) in [5.41, 5.74) is 7.76. The minimum atomic E-state index is 0.555. The second-order valence-corrected chi connectivity index (χ2v) is 3.37. The van der Waals surface area contributed by atoms with Crippen LogP contribution in [0.15, 0.2) is 34.9 Å². The van der Waals surface area contributed by atoms with Crippen molar-refractivity contribution in [2.45, 2.75) is 6.42 Å². The molecule has 0 saturated carbocycles. The van der Waals surface area contributed by atoms with Crippen LogP contribution in [0.4, 0.5) is 0 Å². The number of nitrogens with two attached hydrogens (primary N) is 1. The molecule has 4 heteroatoms. The Balaban J connectivity index is 2.25. The summed E-state index contributed by atoms with van der Waals surface area (Å²) in [5.74, 6) is 0.563. The Morgan fingerprint density at radius 1 is 1.31 bits per heavy atom. The molecule has 0 aliphatic heterocycles. The maximum Gasteiger partial charge on any atom is 0.226 e. The van der Waals surface area contributed by atoms with Gasteiger partial charge in [0.2, 0.25) is 5.89 Å². The molecule has 0 fully saturated rings. The van der Waals surface area contributed by atoms with E-state index in [0.29, 0.717) is 24.4 Å². The zero-order chi connectivity index (χ0) is 11.4. The fourth-order valence-electron chi connectivity index (χ4n) is 1.39. The van der Waals surface area contributed by atoms with E-state index in [-0.39, 0.29) is 0 Å². The number of nitrogens with zero attached hydrogens (tertiary/aromatic N) is 2. The summed E-state index contributed by atoms with van der Waals surface area (Å²) in [6.45, 7) is 0.555. The normalized spacial score (nSPS) is 10.0. The van der Waals surface area contributed by atoms with Crippen LogP contribution in [0.5, 0.6) is 0 Å². The van der Waals surface area contributed by atoms with E-state index in [9.17, 15) is 0 Å². The van der Waals surface area contributed by atoms with Gasteiger partial charge >= 0.3 is 0 Å². The molecule has 1 aromatic carbocycles. The molecule has 0 saturated heterocycles. The molecular weight excluding hydrogens is 202 g/mol. The fraction of sp³-hybridized carbons (Fsp3) is 0.167. The lowest BCUT2D eigenvalue weighted by molar-refractivity contribution is 0.572. The van der Waals surface area contributed by atoms with Crippen LogP contribution in [-0.2, 0) is 6.42 Å². The number of benzene rings is 1. The van der Waals surface area contributed by atoms with Gasteiger partial charge in [0.15, 0.2) is 0 Å². The van der Waals surface area contributed by atoms with Crippen molar-refractivity contribution in [3.63, 3.8) is 0 Å². The van der Waals surface area contributed by atoms with Crippen molar-refractivity contribution in [3.05, 3.63) is 41.8 Å². The van der Waals surface area contributed by atoms with Gasteiger partial charge in [0, 0.05) is 12.0 Å². The molecule has 0 unspecified atom stereocenters. The number of hydrogen-bond acceptors (Lipinski definition) is 4.